The van der Waals surface area contributed by atoms with E-state index in [1.165, 1.54) is 11.6 Å². The number of benzene rings is 3. The van der Waals surface area contributed by atoms with Gasteiger partial charge in [0.15, 0.2) is 0 Å². The van der Waals surface area contributed by atoms with Gasteiger partial charge in [0.2, 0.25) is 5.91 Å². The average Bonchev–Trinajstić information content (AvgIpc) is 3.31. The summed E-state index contributed by atoms with van der Waals surface area (Å²) in [7, 11) is 0. The van der Waals surface area contributed by atoms with Crippen LogP contribution in [-0.4, -0.2) is 59.3 Å². The van der Waals surface area contributed by atoms with Gasteiger partial charge < -0.3 is 20.5 Å². The van der Waals surface area contributed by atoms with E-state index < -0.39 is 29.6 Å². The van der Waals surface area contributed by atoms with Crippen LogP contribution in [-0.2, 0) is 20.9 Å². The van der Waals surface area contributed by atoms with Gasteiger partial charge >= 0.3 is 12.1 Å². The maximum Gasteiger partial charge on any atom is 0.407 e. The fraction of sp³-hybridized carbons (Fsp3) is 0.324. The number of carbonyl (C=O) groups is 3. The predicted octanol–water partition coefficient (Wildman–Crippen LogP) is 5.10. The highest BCUT2D eigenvalue weighted by Crippen LogP contribution is 2.44. The molecular formula is C34H37N3O5. The number of carboxylic acids is 1. The van der Waals surface area contributed by atoms with Crippen LogP contribution in [0.25, 0.3) is 11.1 Å². The number of ether oxygens (including phenoxy) is 1. The van der Waals surface area contributed by atoms with Crippen molar-refractivity contribution in [3.63, 3.8) is 0 Å². The number of likely N-dealkylation sites (tertiary alicyclic amines) is 1. The molecule has 8 heteroatoms. The molecule has 218 valence electrons. The number of carbonyl (C=O) groups excluding carboxylic acids is 2. The molecule has 1 unspecified atom stereocenters. The molecule has 0 radical (unpaired) electrons. The molecular weight excluding hydrogens is 530 g/mol. The molecule has 0 aromatic heterocycles. The highest BCUT2D eigenvalue weighted by Gasteiger charge is 2.39. The molecule has 2 amide bonds. The molecule has 1 heterocycles. The average molecular weight is 568 g/mol. The topological polar surface area (TPSA) is 108 Å². The Bertz CT molecular complexity index is 1390. The molecule has 8 nitrogen and oxygen atoms in total. The molecule has 42 heavy (non-hydrogen) atoms. The van der Waals surface area contributed by atoms with Crippen LogP contribution in [0.4, 0.5) is 4.79 Å². The van der Waals surface area contributed by atoms with Gasteiger partial charge in [0.1, 0.15) is 12.6 Å². The monoisotopic (exact) mass is 567 g/mol. The molecule has 3 N–H and O–H groups in total. The fourth-order valence-electron chi connectivity index (χ4n) is 6.12. The highest BCUT2D eigenvalue weighted by atomic mass is 16.5. The number of alkyl carbamates (subject to hydrolysis) is 1. The maximum absolute atomic E-state index is 13.3. The summed E-state index contributed by atoms with van der Waals surface area (Å²) in [6.45, 7) is 5.87. The first-order valence-corrected chi connectivity index (χ1v) is 14.4. The van der Waals surface area contributed by atoms with E-state index in [2.05, 4.69) is 58.5 Å². The molecule has 1 aliphatic heterocycles. The van der Waals surface area contributed by atoms with Crippen molar-refractivity contribution < 1.29 is 24.2 Å². The lowest BCUT2D eigenvalue weighted by Gasteiger charge is -2.42. The first kappa shape index (κ1) is 29.1. The van der Waals surface area contributed by atoms with Gasteiger partial charge in [-0.05, 0) is 47.1 Å². The fourth-order valence-corrected chi connectivity index (χ4v) is 6.12. The summed E-state index contributed by atoms with van der Waals surface area (Å²) in [4.78, 5) is 40.3. The van der Waals surface area contributed by atoms with Crippen LogP contribution in [0.1, 0.15) is 48.3 Å². The molecule has 3 aromatic rings. The second-order valence-corrected chi connectivity index (χ2v) is 11.2. The molecule has 0 bridgehead atoms. The molecule has 0 spiro atoms. The summed E-state index contributed by atoms with van der Waals surface area (Å²) in [5.41, 5.74) is 4.87. The van der Waals surface area contributed by atoms with Crippen molar-refractivity contribution in [3.8, 4) is 11.1 Å². The van der Waals surface area contributed by atoms with Crippen LogP contribution < -0.4 is 10.6 Å². The Labute approximate surface area is 246 Å². The van der Waals surface area contributed by atoms with E-state index in [4.69, 9.17) is 4.74 Å². The Kier molecular flexibility index (Phi) is 9.03. The Balaban J connectivity index is 1.27. The molecule has 5 rings (SSSR count). The summed E-state index contributed by atoms with van der Waals surface area (Å²) < 4.78 is 5.83. The standard InChI is InChI=1S/C34H37N3O5/c1-2-10-30(32(39)40)35-31(38)21-34(17-19-37(20-18-34)22-24-11-4-3-5-12-24)36-33(41)42-23-29-27-15-8-6-13-25(27)26-14-7-9-16-28(26)29/h2-9,11-16,29-30H,1,10,17-23H2,(H,35,38)(H,36,41)(H,39,40). The second-order valence-electron chi connectivity index (χ2n) is 11.2. The molecule has 1 aliphatic carbocycles. The lowest BCUT2D eigenvalue weighted by Crippen LogP contribution is -2.58. The molecule has 0 saturated carbocycles. The zero-order chi connectivity index (χ0) is 29.5. The van der Waals surface area contributed by atoms with Crippen LogP contribution in [0.3, 0.4) is 0 Å². The zero-order valence-corrected chi connectivity index (χ0v) is 23.6. The normalized spacial score (nSPS) is 16.5. The molecule has 2 aliphatic rings. The van der Waals surface area contributed by atoms with Gasteiger partial charge in [-0.3, -0.25) is 9.69 Å². The number of aliphatic carboxylic acids is 1. The van der Waals surface area contributed by atoms with E-state index in [-0.39, 0.29) is 25.4 Å². The van der Waals surface area contributed by atoms with Crippen LogP contribution in [0, 0.1) is 0 Å². The van der Waals surface area contributed by atoms with E-state index in [0.29, 0.717) is 25.9 Å². The number of nitrogens with zero attached hydrogens (tertiary/aromatic N) is 1. The lowest BCUT2D eigenvalue weighted by atomic mass is 9.83. The summed E-state index contributed by atoms with van der Waals surface area (Å²) in [5.74, 6) is -1.63. The van der Waals surface area contributed by atoms with Gasteiger partial charge in [-0.15, -0.1) is 6.58 Å². The third-order valence-electron chi connectivity index (χ3n) is 8.31. The third kappa shape index (κ3) is 6.71. The van der Waals surface area contributed by atoms with Crippen LogP contribution in [0.15, 0.2) is 91.5 Å². The summed E-state index contributed by atoms with van der Waals surface area (Å²) in [5, 5.41) is 15.1. The number of hydrogen-bond donors (Lipinski definition) is 3. The molecule has 3 aromatic carbocycles. The van der Waals surface area contributed by atoms with Gasteiger partial charge in [0.25, 0.3) is 0 Å². The van der Waals surface area contributed by atoms with Crippen molar-refractivity contribution in [2.24, 2.45) is 0 Å². The van der Waals surface area contributed by atoms with E-state index in [1.807, 2.05) is 42.5 Å². The van der Waals surface area contributed by atoms with Crippen LogP contribution in [0.5, 0.6) is 0 Å². The first-order valence-electron chi connectivity index (χ1n) is 14.4. The van der Waals surface area contributed by atoms with Gasteiger partial charge in [0.05, 0.1) is 5.54 Å². The Hall–Kier alpha value is -4.43. The largest absolute Gasteiger partial charge is 0.480 e. The van der Waals surface area contributed by atoms with Gasteiger partial charge in [0, 0.05) is 32.0 Å². The van der Waals surface area contributed by atoms with Crippen molar-refractivity contribution in [2.75, 3.05) is 19.7 Å². The van der Waals surface area contributed by atoms with Crippen molar-refractivity contribution in [1.29, 1.82) is 0 Å². The maximum atomic E-state index is 13.3. The SMILES string of the molecule is C=CCC(NC(=O)CC1(NC(=O)OCC2c3ccccc3-c3ccccc32)CCN(Cc2ccccc2)CC1)C(=O)O. The van der Waals surface area contributed by atoms with Crippen molar-refractivity contribution >= 4 is 18.0 Å². The minimum Gasteiger partial charge on any atom is -0.480 e. The van der Waals surface area contributed by atoms with Gasteiger partial charge in [-0.2, -0.15) is 0 Å². The smallest absolute Gasteiger partial charge is 0.407 e. The van der Waals surface area contributed by atoms with Crippen LogP contribution >= 0.6 is 0 Å². The minimum atomic E-state index is -1.13. The van der Waals surface area contributed by atoms with E-state index in [0.717, 1.165) is 28.8 Å². The van der Waals surface area contributed by atoms with Gasteiger partial charge in [-0.25, -0.2) is 9.59 Å². The third-order valence-corrected chi connectivity index (χ3v) is 8.31. The summed E-state index contributed by atoms with van der Waals surface area (Å²) in [6, 6.07) is 25.4. The summed E-state index contributed by atoms with van der Waals surface area (Å²) >= 11 is 0. The van der Waals surface area contributed by atoms with Crippen molar-refractivity contribution in [2.45, 2.75) is 49.7 Å². The molecule has 1 saturated heterocycles. The Morgan fingerprint density at radius 3 is 2.14 bits per heavy atom. The number of piperidine rings is 1. The Morgan fingerprint density at radius 1 is 0.952 bits per heavy atom. The van der Waals surface area contributed by atoms with Crippen molar-refractivity contribution in [1.82, 2.24) is 15.5 Å². The van der Waals surface area contributed by atoms with Gasteiger partial charge in [-0.1, -0.05) is 84.9 Å². The quantitative estimate of drug-likeness (QED) is 0.279. The van der Waals surface area contributed by atoms with E-state index in [1.54, 1.807) is 0 Å². The zero-order valence-electron chi connectivity index (χ0n) is 23.6. The predicted molar refractivity (Wildman–Crippen MR) is 161 cm³/mol. The molecule has 1 fully saturated rings. The van der Waals surface area contributed by atoms with E-state index in [9.17, 15) is 19.5 Å². The van der Waals surface area contributed by atoms with E-state index >= 15 is 0 Å². The number of rotatable bonds is 11. The number of carboxylic acid groups (broad SMARTS) is 1. The highest BCUT2D eigenvalue weighted by molar-refractivity contribution is 5.85. The summed E-state index contributed by atoms with van der Waals surface area (Å²) in [6.07, 6.45) is 2.00. The van der Waals surface area contributed by atoms with Crippen LogP contribution in [0.2, 0.25) is 0 Å². The minimum absolute atomic E-state index is 0.0443. The van der Waals surface area contributed by atoms with Crippen molar-refractivity contribution in [3.05, 3.63) is 108 Å². The number of fused-ring (bicyclic) bond motifs is 3. The number of nitrogens with one attached hydrogen (secondary N) is 2. The first-order chi connectivity index (χ1) is 20.4. The number of hydrogen-bond acceptors (Lipinski definition) is 5. The number of amides is 2. The second kappa shape index (κ2) is 13.0. The Morgan fingerprint density at radius 2 is 1.55 bits per heavy atom. The molecule has 1 atom stereocenters. The lowest BCUT2D eigenvalue weighted by molar-refractivity contribution is -0.142.